The summed E-state index contributed by atoms with van der Waals surface area (Å²) < 4.78 is 3.25. The van der Waals surface area contributed by atoms with E-state index in [1.165, 1.54) is 35.5 Å². The van der Waals surface area contributed by atoms with Gasteiger partial charge in [-0.2, -0.15) is 5.10 Å². The summed E-state index contributed by atoms with van der Waals surface area (Å²) in [5.74, 6) is 1.67. The van der Waals surface area contributed by atoms with Gasteiger partial charge in [0.15, 0.2) is 0 Å². The molecule has 0 aliphatic carbocycles. The Morgan fingerprint density at radius 2 is 2.21 bits per heavy atom. The molecule has 3 heterocycles. The second-order valence-electron chi connectivity index (χ2n) is 5.94. The first-order chi connectivity index (χ1) is 9.11. The van der Waals surface area contributed by atoms with Crippen LogP contribution in [0.15, 0.2) is 4.47 Å². The van der Waals surface area contributed by atoms with Gasteiger partial charge in [-0.25, -0.2) is 0 Å². The molecular formula is C14H23BrN4. The van der Waals surface area contributed by atoms with Gasteiger partial charge in [-0.1, -0.05) is 6.92 Å². The molecule has 2 aliphatic heterocycles. The van der Waals surface area contributed by atoms with E-state index in [-0.39, 0.29) is 0 Å². The first kappa shape index (κ1) is 13.6. The van der Waals surface area contributed by atoms with Crippen LogP contribution in [0.2, 0.25) is 0 Å². The Morgan fingerprint density at radius 1 is 1.42 bits per heavy atom. The molecule has 2 saturated heterocycles. The SMILES string of the molecule is CCc1nn(C)c(CN2CC3CNCC3C2C)c1Br. The molecule has 5 heteroatoms. The average Bonchev–Trinajstić information content (AvgIpc) is 3.02. The van der Waals surface area contributed by atoms with Gasteiger partial charge in [0.2, 0.25) is 0 Å². The number of hydrogen-bond donors (Lipinski definition) is 1. The summed E-state index contributed by atoms with van der Waals surface area (Å²) >= 11 is 3.73. The Balaban J connectivity index is 1.77. The van der Waals surface area contributed by atoms with E-state index in [9.17, 15) is 0 Å². The fourth-order valence-corrected chi connectivity index (χ4v) is 4.39. The monoisotopic (exact) mass is 326 g/mol. The van der Waals surface area contributed by atoms with Crippen LogP contribution in [-0.4, -0.2) is 40.4 Å². The standard InChI is InChI=1S/C14H23BrN4/c1-4-12-14(15)13(18(3)17-12)8-19-7-10-5-16-6-11(10)9(19)2/h9-11,16H,4-8H2,1-3H3. The van der Waals surface area contributed by atoms with Crippen molar-refractivity contribution in [3.05, 3.63) is 15.9 Å². The molecule has 0 saturated carbocycles. The summed E-state index contributed by atoms with van der Waals surface area (Å²) in [7, 11) is 2.06. The van der Waals surface area contributed by atoms with Crippen LogP contribution in [-0.2, 0) is 20.0 Å². The summed E-state index contributed by atoms with van der Waals surface area (Å²) in [6.07, 6.45) is 0.985. The molecule has 1 aromatic heterocycles. The van der Waals surface area contributed by atoms with Crippen LogP contribution in [0.5, 0.6) is 0 Å². The molecule has 1 aromatic rings. The van der Waals surface area contributed by atoms with Crippen LogP contribution in [0.4, 0.5) is 0 Å². The summed E-state index contributed by atoms with van der Waals surface area (Å²) in [4.78, 5) is 2.62. The highest BCUT2D eigenvalue weighted by atomic mass is 79.9. The Hall–Kier alpha value is -0.390. The van der Waals surface area contributed by atoms with Crippen molar-refractivity contribution in [1.29, 1.82) is 0 Å². The number of nitrogens with one attached hydrogen (secondary N) is 1. The van der Waals surface area contributed by atoms with E-state index in [0.29, 0.717) is 6.04 Å². The predicted octanol–water partition coefficient (Wildman–Crippen LogP) is 1.78. The van der Waals surface area contributed by atoms with E-state index in [1.54, 1.807) is 0 Å². The summed E-state index contributed by atoms with van der Waals surface area (Å²) in [5.41, 5.74) is 2.49. The van der Waals surface area contributed by atoms with Crippen molar-refractivity contribution in [2.75, 3.05) is 19.6 Å². The molecule has 0 spiro atoms. The van der Waals surface area contributed by atoms with E-state index in [4.69, 9.17) is 0 Å². The van der Waals surface area contributed by atoms with Crippen LogP contribution >= 0.6 is 15.9 Å². The number of rotatable bonds is 3. The number of fused-ring (bicyclic) bond motifs is 1. The zero-order chi connectivity index (χ0) is 13.6. The Labute approximate surface area is 123 Å². The molecule has 3 rings (SSSR count). The summed E-state index contributed by atoms with van der Waals surface area (Å²) in [6, 6.07) is 0.673. The van der Waals surface area contributed by atoms with Gasteiger partial charge >= 0.3 is 0 Å². The fourth-order valence-electron chi connectivity index (χ4n) is 3.65. The van der Waals surface area contributed by atoms with Crippen molar-refractivity contribution < 1.29 is 0 Å². The Kier molecular flexibility index (Phi) is 3.71. The smallest absolute Gasteiger partial charge is 0.0767 e. The largest absolute Gasteiger partial charge is 0.316 e. The molecule has 0 radical (unpaired) electrons. The van der Waals surface area contributed by atoms with E-state index >= 15 is 0 Å². The van der Waals surface area contributed by atoms with E-state index in [0.717, 1.165) is 24.8 Å². The maximum atomic E-state index is 4.60. The maximum absolute atomic E-state index is 4.60. The van der Waals surface area contributed by atoms with E-state index in [1.807, 2.05) is 4.68 Å². The zero-order valence-electron chi connectivity index (χ0n) is 12.0. The second kappa shape index (κ2) is 5.19. The third-order valence-corrected chi connectivity index (χ3v) is 5.83. The van der Waals surface area contributed by atoms with Gasteiger partial charge in [0.05, 0.1) is 15.9 Å². The second-order valence-corrected chi connectivity index (χ2v) is 6.73. The minimum atomic E-state index is 0.673. The highest BCUT2D eigenvalue weighted by Gasteiger charge is 2.41. The third kappa shape index (κ3) is 2.26. The third-order valence-electron chi connectivity index (χ3n) is 4.91. The lowest BCUT2D eigenvalue weighted by molar-refractivity contribution is 0.225. The van der Waals surface area contributed by atoms with Crippen LogP contribution < -0.4 is 5.32 Å². The number of aromatic nitrogens is 2. The van der Waals surface area contributed by atoms with Crippen molar-refractivity contribution in [3.8, 4) is 0 Å². The van der Waals surface area contributed by atoms with Crippen LogP contribution in [0.25, 0.3) is 0 Å². The molecule has 19 heavy (non-hydrogen) atoms. The van der Waals surface area contributed by atoms with Crippen molar-refractivity contribution in [2.45, 2.75) is 32.9 Å². The number of hydrogen-bond acceptors (Lipinski definition) is 3. The first-order valence-corrected chi connectivity index (χ1v) is 8.06. The van der Waals surface area contributed by atoms with Crippen molar-refractivity contribution in [1.82, 2.24) is 20.0 Å². The molecule has 2 fully saturated rings. The van der Waals surface area contributed by atoms with Gasteiger partial charge in [-0.05, 0) is 54.2 Å². The molecule has 3 atom stereocenters. The molecule has 0 bridgehead atoms. The Bertz CT molecular complexity index is 470. The number of likely N-dealkylation sites (tertiary alicyclic amines) is 1. The van der Waals surface area contributed by atoms with Crippen LogP contribution in [0, 0.1) is 11.8 Å². The molecule has 3 unspecified atom stereocenters. The van der Waals surface area contributed by atoms with Gasteiger partial charge in [0, 0.05) is 26.2 Å². The molecular weight excluding hydrogens is 304 g/mol. The number of halogens is 1. The van der Waals surface area contributed by atoms with Gasteiger partial charge in [0.1, 0.15) is 0 Å². The number of nitrogens with zero attached hydrogens (tertiary/aromatic N) is 3. The minimum Gasteiger partial charge on any atom is -0.316 e. The van der Waals surface area contributed by atoms with Gasteiger partial charge < -0.3 is 5.32 Å². The molecule has 2 aliphatic rings. The van der Waals surface area contributed by atoms with E-state index in [2.05, 4.69) is 52.1 Å². The van der Waals surface area contributed by atoms with E-state index < -0.39 is 0 Å². The zero-order valence-corrected chi connectivity index (χ0v) is 13.6. The summed E-state index contributed by atoms with van der Waals surface area (Å²) in [6.45, 7) is 9.15. The van der Waals surface area contributed by atoms with Crippen molar-refractivity contribution in [3.63, 3.8) is 0 Å². The molecule has 0 amide bonds. The van der Waals surface area contributed by atoms with Gasteiger partial charge in [-0.15, -0.1) is 0 Å². The highest BCUT2D eigenvalue weighted by Crippen LogP contribution is 2.34. The van der Waals surface area contributed by atoms with Crippen LogP contribution in [0.3, 0.4) is 0 Å². The lowest BCUT2D eigenvalue weighted by Gasteiger charge is -2.24. The topological polar surface area (TPSA) is 33.1 Å². The molecule has 1 N–H and O–H groups in total. The predicted molar refractivity (Wildman–Crippen MR) is 80.0 cm³/mol. The van der Waals surface area contributed by atoms with Crippen molar-refractivity contribution in [2.24, 2.45) is 18.9 Å². The quantitative estimate of drug-likeness (QED) is 0.919. The average molecular weight is 327 g/mol. The van der Waals surface area contributed by atoms with Crippen LogP contribution in [0.1, 0.15) is 25.2 Å². The molecule has 106 valence electrons. The minimum absolute atomic E-state index is 0.673. The lowest BCUT2D eigenvalue weighted by atomic mass is 9.95. The van der Waals surface area contributed by atoms with Crippen molar-refractivity contribution >= 4 is 15.9 Å². The number of aryl methyl sites for hydroxylation is 2. The molecule has 4 nitrogen and oxygen atoms in total. The van der Waals surface area contributed by atoms with Gasteiger partial charge in [-0.3, -0.25) is 9.58 Å². The lowest BCUT2D eigenvalue weighted by Crippen LogP contribution is -2.33. The Morgan fingerprint density at radius 3 is 2.84 bits per heavy atom. The normalized spacial score (nSPS) is 31.1. The summed E-state index contributed by atoms with van der Waals surface area (Å²) in [5, 5.41) is 8.12. The maximum Gasteiger partial charge on any atom is 0.0767 e. The highest BCUT2D eigenvalue weighted by molar-refractivity contribution is 9.10. The fraction of sp³-hybridized carbons (Fsp3) is 0.786. The first-order valence-electron chi connectivity index (χ1n) is 7.26. The molecule has 0 aromatic carbocycles. The van der Waals surface area contributed by atoms with Gasteiger partial charge in [0.25, 0.3) is 0 Å².